The molecule has 0 bridgehead atoms. The van der Waals surface area contributed by atoms with Gasteiger partial charge in [0.2, 0.25) is 5.91 Å². The van der Waals surface area contributed by atoms with E-state index in [2.05, 4.69) is 90.8 Å². The maximum Gasteiger partial charge on any atom is 0.225 e. The Bertz CT molecular complexity index is 1020. The third-order valence-corrected chi connectivity index (χ3v) is 5.90. The van der Waals surface area contributed by atoms with Crippen LogP contribution in [0.4, 0.5) is 5.82 Å². The van der Waals surface area contributed by atoms with Crippen molar-refractivity contribution in [2.24, 2.45) is 0 Å². The quantitative estimate of drug-likeness (QED) is 0.699. The summed E-state index contributed by atoms with van der Waals surface area (Å²) in [7, 11) is 0. The molecule has 5 nitrogen and oxygen atoms in total. The number of pyridine rings is 1. The molecular weight excluding hydrogens is 372 g/mol. The highest BCUT2D eigenvalue weighted by atomic mass is 16.1. The molecule has 0 aromatic carbocycles. The summed E-state index contributed by atoms with van der Waals surface area (Å²) in [5.74, 6) is 0.794. The van der Waals surface area contributed by atoms with E-state index in [1.165, 1.54) is 28.1 Å². The Kier molecular flexibility index (Phi) is 5.62. The van der Waals surface area contributed by atoms with Gasteiger partial charge in [-0.3, -0.25) is 4.79 Å². The molecule has 0 saturated carbocycles. The first-order valence-corrected chi connectivity index (χ1v) is 10.7. The molecule has 3 aliphatic heterocycles. The van der Waals surface area contributed by atoms with E-state index in [4.69, 9.17) is 0 Å². The molecule has 0 saturated heterocycles. The molecule has 0 fully saturated rings. The van der Waals surface area contributed by atoms with Gasteiger partial charge >= 0.3 is 0 Å². The summed E-state index contributed by atoms with van der Waals surface area (Å²) in [6, 6.07) is 4.19. The predicted octanol–water partition coefficient (Wildman–Crippen LogP) is 4.73. The normalized spacial score (nSPS) is 20.3. The Morgan fingerprint density at radius 3 is 2.87 bits per heavy atom. The topological polar surface area (TPSA) is 57.3 Å². The molecule has 5 heteroatoms. The number of nitrogens with one attached hydrogen (secondary N) is 2. The van der Waals surface area contributed by atoms with Gasteiger partial charge in [-0.2, -0.15) is 0 Å². The van der Waals surface area contributed by atoms with Crippen molar-refractivity contribution in [2.75, 3.05) is 5.32 Å². The molecule has 156 valence electrons. The maximum atomic E-state index is 11.7. The molecule has 0 spiro atoms. The highest BCUT2D eigenvalue weighted by Crippen LogP contribution is 2.32. The highest BCUT2D eigenvalue weighted by Gasteiger charge is 2.31. The van der Waals surface area contributed by atoms with Gasteiger partial charge in [0.15, 0.2) is 0 Å². The molecule has 1 unspecified atom stereocenters. The van der Waals surface area contributed by atoms with E-state index in [1.54, 1.807) is 0 Å². The van der Waals surface area contributed by atoms with Crippen LogP contribution in [0.15, 0.2) is 70.8 Å². The second-order valence-electron chi connectivity index (χ2n) is 8.43. The zero-order valence-corrected chi connectivity index (χ0v) is 18.2. The van der Waals surface area contributed by atoms with E-state index in [0.717, 1.165) is 36.3 Å². The van der Waals surface area contributed by atoms with Crippen molar-refractivity contribution >= 4 is 11.7 Å². The van der Waals surface area contributed by atoms with Crippen LogP contribution in [-0.2, 0) is 17.6 Å². The Morgan fingerprint density at radius 1 is 1.23 bits per heavy atom. The second kappa shape index (κ2) is 8.34. The van der Waals surface area contributed by atoms with Crippen molar-refractivity contribution in [3.8, 4) is 0 Å². The first-order valence-electron chi connectivity index (χ1n) is 10.7. The van der Waals surface area contributed by atoms with E-state index < -0.39 is 0 Å². The van der Waals surface area contributed by atoms with Crippen molar-refractivity contribution < 1.29 is 4.79 Å². The van der Waals surface area contributed by atoms with Crippen LogP contribution in [0.3, 0.4) is 0 Å². The van der Waals surface area contributed by atoms with Gasteiger partial charge in [-0.05, 0) is 75.8 Å². The first kappa shape index (κ1) is 20.2. The Morgan fingerprint density at radius 2 is 2.07 bits per heavy atom. The molecule has 4 rings (SSSR count). The number of amides is 1. The van der Waals surface area contributed by atoms with Gasteiger partial charge in [-0.1, -0.05) is 29.9 Å². The molecule has 2 N–H and O–H groups in total. The van der Waals surface area contributed by atoms with Crippen molar-refractivity contribution in [3.63, 3.8) is 0 Å². The van der Waals surface area contributed by atoms with Crippen LogP contribution in [0.2, 0.25) is 0 Å². The lowest BCUT2D eigenvalue weighted by Gasteiger charge is -2.30. The molecule has 0 radical (unpaired) electrons. The number of allylic oxidation sites excluding steroid dienone is 7. The average Bonchev–Trinajstić information content (AvgIpc) is 3.03. The zero-order valence-electron chi connectivity index (χ0n) is 18.2. The fourth-order valence-corrected chi connectivity index (χ4v) is 4.11. The summed E-state index contributed by atoms with van der Waals surface area (Å²) >= 11 is 0. The van der Waals surface area contributed by atoms with Crippen LogP contribution in [0.5, 0.6) is 0 Å². The number of anilines is 1. The van der Waals surface area contributed by atoms with Gasteiger partial charge in [0, 0.05) is 29.7 Å². The van der Waals surface area contributed by atoms with Gasteiger partial charge in [0.25, 0.3) is 0 Å². The lowest BCUT2D eigenvalue weighted by Crippen LogP contribution is -2.37. The molecule has 30 heavy (non-hydrogen) atoms. The Labute approximate surface area is 179 Å². The van der Waals surface area contributed by atoms with E-state index in [9.17, 15) is 4.79 Å². The van der Waals surface area contributed by atoms with E-state index in [-0.39, 0.29) is 12.1 Å². The van der Waals surface area contributed by atoms with E-state index in [0.29, 0.717) is 6.42 Å². The Balaban J connectivity index is 1.47. The summed E-state index contributed by atoms with van der Waals surface area (Å²) < 4.78 is 0. The largest absolute Gasteiger partial charge is 0.363 e. The molecule has 3 aliphatic rings. The SMILES string of the molecule is CC(C)=C/C=C\C1=C(C)C=CN2C(C)=C(CCc3ccc4c(n3)NC(=O)CC4)NC12. The number of rotatable bonds is 5. The number of carbonyl (C=O) groups excluding carboxylic acids is 1. The van der Waals surface area contributed by atoms with Crippen molar-refractivity contribution in [1.82, 2.24) is 15.2 Å². The molecule has 1 amide bonds. The standard InChI is InChI=1S/C25H30N4O/c1-16(2)6-5-7-21-17(3)14-15-29-18(4)22(27-25(21)29)12-11-20-10-8-19-9-13-23(30)28-24(19)26-20/h5-8,10,14-15,25,27H,9,11-13H2,1-4H3,(H,26,28,30)/b7-5-. The molecule has 4 heterocycles. The highest BCUT2D eigenvalue weighted by molar-refractivity contribution is 5.92. The van der Waals surface area contributed by atoms with Crippen LogP contribution in [-0.4, -0.2) is 22.0 Å². The van der Waals surface area contributed by atoms with Gasteiger partial charge in [0.05, 0.1) is 0 Å². The van der Waals surface area contributed by atoms with Crippen LogP contribution in [0, 0.1) is 0 Å². The predicted molar refractivity (Wildman–Crippen MR) is 121 cm³/mol. The lowest BCUT2D eigenvalue weighted by molar-refractivity contribution is -0.116. The molecular formula is C25H30N4O. The number of nitrogens with zero attached hydrogens (tertiary/aromatic N) is 2. The van der Waals surface area contributed by atoms with Crippen molar-refractivity contribution in [2.45, 2.75) is 59.5 Å². The third kappa shape index (κ3) is 4.11. The average molecular weight is 403 g/mol. The van der Waals surface area contributed by atoms with Gasteiger partial charge in [-0.25, -0.2) is 4.98 Å². The number of carbonyl (C=O) groups is 1. The summed E-state index contributed by atoms with van der Waals surface area (Å²) in [4.78, 5) is 18.7. The zero-order chi connectivity index (χ0) is 21.3. The van der Waals surface area contributed by atoms with Crippen LogP contribution >= 0.6 is 0 Å². The van der Waals surface area contributed by atoms with Gasteiger partial charge in [-0.15, -0.1) is 0 Å². The molecule has 1 aromatic heterocycles. The lowest BCUT2D eigenvalue weighted by atomic mass is 10.0. The molecule has 0 aliphatic carbocycles. The summed E-state index contributed by atoms with van der Waals surface area (Å²) in [5, 5.41) is 6.63. The fourth-order valence-electron chi connectivity index (χ4n) is 4.11. The van der Waals surface area contributed by atoms with Crippen LogP contribution < -0.4 is 10.6 Å². The van der Waals surface area contributed by atoms with Gasteiger partial charge < -0.3 is 15.5 Å². The summed E-state index contributed by atoms with van der Waals surface area (Å²) in [6.45, 7) is 8.55. The number of aromatic nitrogens is 1. The van der Waals surface area contributed by atoms with Gasteiger partial charge in [0.1, 0.15) is 12.0 Å². The monoisotopic (exact) mass is 402 g/mol. The van der Waals surface area contributed by atoms with Crippen LogP contribution in [0.1, 0.15) is 51.8 Å². The number of aryl methyl sites for hydroxylation is 2. The first-order chi connectivity index (χ1) is 14.4. The third-order valence-electron chi connectivity index (χ3n) is 5.90. The minimum atomic E-state index is 0.0580. The smallest absolute Gasteiger partial charge is 0.225 e. The molecule has 1 atom stereocenters. The summed E-state index contributed by atoms with van der Waals surface area (Å²) in [5.41, 5.74) is 8.49. The molecule has 1 aromatic rings. The second-order valence-corrected chi connectivity index (χ2v) is 8.43. The fraction of sp³-hybridized carbons (Fsp3) is 0.360. The van der Waals surface area contributed by atoms with Crippen molar-refractivity contribution in [3.05, 3.63) is 82.0 Å². The van der Waals surface area contributed by atoms with Crippen LogP contribution in [0.25, 0.3) is 0 Å². The maximum absolute atomic E-state index is 11.7. The van der Waals surface area contributed by atoms with E-state index >= 15 is 0 Å². The minimum Gasteiger partial charge on any atom is -0.363 e. The summed E-state index contributed by atoms with van der Waals surface area (Å²) in [6.07, 6.45) is 14.0. The Hall–Kier alpha value is -3.08. The minimum absolute atomic E-state index is 0.0580. The number of hydrogen-bond donors (Lipinski definition) is 2. The number of fused-ring (bicyclic) bond motifs is 2. The van der Waals surface area contributed by atoms with Crippen molar-refractivity contribution in [1.29, 1.82) is 0 Å². The number of hydrogen-bond acceptors (Lipinski definition) is 4. The van der Waals surface area contributed by atoms with E-state index in [1.807, 2.05) is 0 Å².